The summed E-state index contributed by atoms with van der Waals surface area (Å²) in [7, 11) is 0. The number of urea groups is 1. The SMILES string of the molecule is CC(C)c1ccc(-n2ccnc(NC(=O)Nc3ccccc3)c2=O)cc1. The van der Waals surface area contributed by atoms with E-state index in [2.05, 4.69) is 29.5 Å². The molecule has 1 heterocycles. The van der Waals surface area contributed by atoms with Gasteiger partial charge in [-0.2, -0.15) is 0 Å². The van der Waals surface area contributed by atoms with Crippen molar-refractivity contribution in [3.8, 4) is 5.69 Å². The van der Waals surface area contributed by atoms with Crippen molar-refractivity contribution < 1.29 is 4.79 Å². The first-order valence-electron chi connectivity index (χ1n) is 8.35. The quantitative estimate of drug-likeness (QED) is 0.748. The monoisotopic (exact) mass is 348 g/mol. The van der Waals surface area contributed by atoms with Crippen LogP contribution in [0.15, 0.2) is 71.8 Å². The van der Waals surface area contributed by atoms with Crippen LogP contribution >= 0.6 is 0 Å². The number of nitrogens with one attached hydrogen (secondary N) is 2. The summed E-state index contributed by atoms with van der Waals surface area (Å²) in [4.78, 5) is 28.7. The minimum atomic E-state index is -0.520. The Morgan fingerprint density at radius 1 is 1.00 bits per heavy atom. The maximum absolute atomic E-state index is 12.6. The fraction of sp³-hybridized carbons (Fsp3) is 0.150. The van der Waals surface area contributed by atoms with Crippen molar-refractivity contribution in [1.29, 1.82) is 0 Å². The maximum Gasteiger partial charge on any atom is 0.325 e. The average Bonchev–Trinajstić information content (AvgIpc) is 2.64. The average molecular weight is 348 g/mol. The molecule has 6 nitrogen and oxygen atoms in total. The second-order valence-corrected chi connectivity index (χ2v) is 6.14. The Bertz CT molecular complexity index is 948. The normalized spacial score (nSPS) is 10.6. The predicted octanol–water partition coefficient (Wildman–Crippen LogP) is 4.00. The van der Waals surface area contributed by atoms with Crippen LogP contribution in [-0.4, -0.2) is 15.6 Å². The highest BCUT2D eigenvalue weighted by Gasteiger charge is 2.10. The van der Waals surface area contributed by atoms with E-state index in [-0.39, 0.29) is 5.82 Å². The zero-order valence-corrected chi connectivity index (χ0v) is 14.6. The Morgan fingerprint density at radius 2 is 1.69 bits per heavy atom. The van der Waals surface area contributed by atoms with Crippen LogP contribution in [0.25, 0.3) is 5.69 Å². The van der Waals surface area contributed by atoms with E-state index >= 15 is 0 Å². The molecule has 1 aromatic heterocycles. The third-order valence-corrected chi connectivity index (χ3v) is 3.94. The fourth-order valence-corrected chi connectivity index (χ4v) is 2.51. The van der Waals surface area contributed by atoms with Crippen molar-refractivity contribution in [2.24, 2.45) is 0 Å². The lowest BCUT2D eigenvalue weighted by Crippen LogP contribution is -2.28. The summed E-state index contributed by atoms with van der Waals surface area (Å²) in [5.41, 5.74) is 2.14. The topological polar surface area (TPSA) is 76.0 Å². The lowest BCUT2D eigenvalue weighted by molar-refractivity contribution is 0.262. The van der Waals surface area contributed by atoms with Gasteiger partial charge in [-0.15, -0.1) is 0 Å². The van der Waals surface area contributed by atoms with Crippen LogP contribution in [0.5, 0.6) is 0 Å². The number of benzene rings is 2. The molecule has 0 aliphatic rings. The molecule has 0 unspecified atom stereocenters. The van der Waals surface area contributed by atoms with Gasteiger partial charge in [0.2, 0.25) is 5.82 Å². The van der Waals surface area contributed by atoms with Gasteiger partial charge >= 0.3 is 6.03 Å². The molecule has 3 aromatic rings. The van der Waals surface area contributed by atoms with Gasteiger partial charge in [-0.05, 0) is 35.7 Å². The first-order valence-corrected chi connectivity index (χ1v) is 8.35. The highest BCUT2D eigenvalue weighted by atomic mass is 16.2. The number of carbonyl (C=O) groups excluding carboxylic acids is 1. The van der Waals surface area contributed by atoms with E-state index in [0.29, 0.717) is 17.3 Å². The van der Waals surface area contributed by atoms with Crippen molar-refractivity contribution >= 4 is 17.5 Å². The Labute approximate surface area is 151 Å². The van der Waals surface area contributed by atoms with E-state index in [0.717, 1.165) is 0 Å². The third-order valence-electron chi connectivity index (χ3n) is 3.94. The predicted molar refractivity (Wildman–Crippen MR) is 103 cm³/mol. The van der Waals surface area contributed by atoms with E-state index in [1.165, 1.54) is 16.3 Å². The smallest absolute Gasteiger partial charge is 0.308 e. The van der Waals surface area contributed by atoms with Crippen molar-refractivity contribution in [2.75, 3.05) is 10.6 Å². The second kappa shape index (κ2) is 7.65. The zero-order valence-electron chi connectivity index (χ0n) is 14.6. The summed E-state index contributed by atoms with van der Waals surface area (Å²) in [6, 6.07) is 16.2. The van der Waals surface area contributed by atoms with Gasteiger partial charge in [-0.25, -0.2) is 9.78 Å². The number of hydrogen-bond acceptors (Lipinski definition) is 3. The maximum atomic E-state index is 12.6. The Morgan fingerprint density at radius 3 is 2.35 bits per heavy atom. The highest BCUT2D eigenvalue weighted by molar-refractivity contribution is 5.98. The lowest BCUT2D eigenvalue weighted by Gasteiger charge is -2.11. The van der Waals surface area contributed by atoms with Crippen LogP contribution in [-0.2, 0) is 0 Å². The molecule has 0 saturated carbocycles. The van der Waals surface area contributed by atoms with Crippen LogP contribution in [0.2, 0.25) is 0 Å². The van der Waals surface area contributed by atoms with Gasteiger partial charge in [0.05, 0.1) is 0 Å². The van der Waals surface area contributed by atoms with Crippen molar-refractivity contribution in [3.63, 3.8) is 0 Å². The molecule has 2 aromatic carbocycles. The molecular weight excluding hydrogens is 328 g/mol. The second-order valence-electron chi connectivity index (χ2n) is 6.14. The molecule has 0 saturated heterocycles. The number of rotatable bonds is 4. The van der Waals surface area contributed by atoms with E-state index in [9.17, 15) is 9.59 Å². The molecular formula is C20H20N4O2. The van der Waals surface area contributed by atoms with Crippen molar-refractivity contribution in [3.05, 3.63) is 82.9 Å². The molecule has 0 aliphatic carbocycles. The van der Waals surface area contributed by atoms with E-state index < -0.39 is 11.6 Å². The number of nitrogens with zero attached hydrogens (tertiary/aromatic N) is 2. The molecule has 2 N–H and O–H groups in total. The summed E-state index contributed by atoms with van der Waals surface area (Å²) in [6.45, 7) is 4.22. The molecule has 0 bridgehead atoms. The summed E-state index contributed by atoms with van der Waals surface area (Å²) in [5, 5.41) is 5.16. The summed E-state index contributed by atoms with van der Waals surface area (Å²) < 4.78 is 1.45. The zero-order chi connectivity index (χ0) is 18.5. The first-order chi connectivity index (χ1) is 12.5. The molecule has 3 rings (SSSR count). The summed E-state index contributed by atoms with van der Waals surface area (Å²) >= 11 is 0. The molecule has 0 radical (unpaired) electrons. The fourth-order valence-electron chi connectivity index (χ4n) is 2.51. The van der Waals surface area contributed by atoms with E-state index in [1.54, 1.807) is 18.3 Å². The van der Waals surface area contributed by atoms with Gasteiger partial charge in [0.15, 0.2) is 0 Å². The van der Waals surface area contributed by atoms with Gasteiger partial charge < -0.3 is 5.32 Å². The van der Waals surface area contributed by atoms with Gasteiger partial charge in [-0.3, -0.25) is 14.7 Å². The molecule has 6 heteroatoms. The standard InChI is InChI=1S/C20H20N4O2/c1-14(2)15-8-10-17(11-9-15)24-13-12-21-18(19(24)25)23-20(26)22-16-6-4-3-5-7-16/h3-14H,1-2H3,(H2,21,22,23,26). The number of hydrogen-bond donors (Lipinski definition) is 2. The summed E-state index contributed by atoms with van der Waals surface area (Å²) in [6.07, 6.45) is 3.06. The Hall–Kier alpha value is -3.41. The van der Waals surface area contributed by atoms with Crippen molar-refractivity contribution in [2.45, 2.75) is 19.8 Å². The van der Waals surface area contributed by atoms with E-state index in [1.807, 2.05) is 42.5 Å². The molecule has 0 fully saturated rings. The highest BCUT2D eigenvalue weighted by Crippen LogP contribution is 2.16. The summed E-state index contributed by atoms with van der Waals surface area (Å²) in [5.74, 6) is 0.381. The third kappa shape index (κ3) is 3.97. The largest absolute Gasteiger partial charge is 0.325 e. The van der Waals surface area contributed by atoms with Crippen LogP contribution in [0.1, 0.15) is 25.3 Å². The molecule has 0 spiro atoms. The molecule has 26 heavy (non-hydrogen) atoms. The number of aromatic nitrogens is 2. The van der Waals surface area contributed by atoms with Crippen molar-refractivity contribution in [1.82, 2.24) is 9.55 Å². The Balaban J connectivity index is 1.81. The minimum absolute atomic E-state index is 0.0335. The van der Waals surface area contributed by atoms with Crippen LogP contribution in [0, 0.1) is 0 Å². The number of para-hydroxylation sites is 1. The van der Waals surface area contributed by atoms with E-state index in [4.69, 9.17) is 0 Å². The number of carbonyl (C=O) groups is 1. The number of amides is 2. The first kappa shape index (κ1) is 17.4. The molecule has 2 amide bonds. The Kier molecular flexibility index (Phi) is 5.12. The van der Waals surface area contributed by atoms with Gasteiger partial charge in [0.1, 0.15) is 0 Å². The van der Waals surface area contributed by atoms with Gasteiger partial charge in [0, 0.05) is 23.8 Å². The van der Waals surface area contributed by atoms with Gasteiger partial charge in [0.25, 0.3) is 5.56 Å². The minimum Gasteiger partial charge on any atom is -0.308 e. The molecule has 0 aliphatic heterocycles. The molecule has 132 valence electrons. The molecule has 0 atom stereocenters. The van der Waals surface area contributed by atoms with Gasteiger partial charge in [-0.1, -0.05) is 44.2 Å². The van der Waals surface area contributed by atoms with Crippen LogP contribution in [0.4, 0.5) is 16.3 Å². The lowest BCUT2D eigenvalue weighted by atomic mass is 10.0. The van der Waals surface area contributed by atoms with Crippen LogP contribution < -0.4 is 16.2 Å². The van der Waals surface area contributed by atoms with Crippen LogP contribution in [0.3, 0.4) is 0 Å². The number of anilines is 2.